The summed E-state index contributed by atoms with van der Waals surface area (Å²) >= 11 is 0. The lowest BCUT2D eigenvalue weighted by Gasteiger charge is -2.29. The van der Waals surface area contributed by atoms with E-state index in [2.05, 4.69) is 47.2 Å². The first-order valence-corrected chi connectivity index (χ1v) is 9.73. The lowest BCUT2D eigenvalue weighted by Crippen LogP contribution is -2.39. The van der Waals surface area contributed by atoms with Crippen molar-refractivity contribution in [3.8, 4) is 0 Å². The second-order valence-electron chi connectivity index (χ2n) is 7.20. The van der Waals surface area contributed by atoms with Gasteiger partial charge in [0.15, 0.2) is 0 Å². The summed E-state index contributed by atoms with van der Waals surface area (Å²) in [6, 6.07) is 14.6. The van der Waals surface area contributed by atoms with Gasteiger partial charge in [-0.05, 0) is 30.5 Å². The van der Waals surface area contributed by atoms with Gasteiger partial charge in [0, 0.05) is 38.0 Å². The van der Waals surface area contributed by atoms with Crippen LogP contribution in [0.5, 0.6) is 0 Å². The van der Waals surface area contributed by atoms with Crippen molar-refractivity contribution < 1.29 is 9.53 Å². The molecule has 0 N–H and O–H groups in total. The van der Waals surface area contributed by atoms with Crippen LogP contribution < -0.4 is 0 Å². The first-order chi connectivity index (χ1) is 12.8. The molecule has 0 saturated heterocycles. The quantitative estimate of drug-likeness (QED) is 0.715. The van der Waals surface area contributed by atoms with E-state index in [1.165, 1.54) is 30.5 Å². The molecule has 140 valence electrons. The first-order valence-electron chi connectivity index (χ1n) is 9.73. The Morgan fingerprint density at radius 3 is 2.62 bits per heavy atom. The molecule has 4 nitrogen and oxygen atoms in total. The number of hydrogen-bond donors (Lipinski definition) is 0. The second kappa shape index (κ2) is 9.58. The number of carbonyl (C=O) groups is 1. The van der Waals surface area contributed by atoms with Gasteiger partial charge in [0.2, 0.25) is 5.91 Å². The summed E-state index contributed by atoms with van der Waals surface area (Å²) in [6.07, 6.45) is 7.79. The molecule has 0 unspecified atom stereocenters. The highest BCUT2D eigenvalue weighted by Crippen LogP contribution is 2.26. The van der Waals surface area contributed by atoms with E-state index in [-0.39, 0.29) is 5.92 Å². The Kier molecular flexibility index (Phi) is 6.89. The smallest absolute Gasteiger partial charge is 0.226 e. The van der Waals surface area contributed by atoms with Gasteiger partial charge in [0.05, 0.1) is 13.2 Å². The molecule has 1 heterocycles. The van der Waals surface area contributed by atoms with Crippen LogP contribution >= 0.6 is 0 Å². The molecule has 1 aliphatic rings. The molecule has 1 fully saturated rings. The Morgan fingerprint density at radius 1 is 1.12 bits per heavy atom. The van der Waals surface area contributed by atoms with Crippen molar-refractivity contribution in [2.45, 2.75) is 45.2 Å². The molecular weight excluding hydrogens is 324 g/mol. The van der Waals surface area contributed by atoms with Crippen molar-refractivity contribution >= 4 is 5.91 Å². The predicted molar refractivity (Wildman–Crippen MR) is 104 cm³/mol. The lowest BCUT2D eigenvalue weighted by molar-refractivity contribution is -0.138. The van der Waals surface area contributed by atoms with Gasteiger partial charge < -0.3 is 14.2 Å². The van der Waals surface area contributed by atoms with Gasteiger partial charge in [0.25, 0.3) is 0 Å². The molecule has 0 aliphatic heterocycles. The molecule has 1 aromatic carbocycles. The maximum Gasteiger partial charge on any atom is 0.226 e. The Morgan fingerprint density at radius 2 is 1.88 bits per heavy atom. The summed E-state index contributed by atoms with van der Waals surface area (Å²) in [4.78, 5) is 15.1. The van der Waals surface area contributed by atoms with Crippen molar-refractivity contribution in [1.82, 2.24) is 9.47 Å². The van der Waals surface area contributed by atoms with E-state index in [0.29, 0.717) is 25.6 Å². The molecule has 2 aromatic rings. The summed E-state index contributed by atoms with van der Waals surface area (Å²) in [5.41, 5.74) is 2.45. The molecule has 0 bridgehead atoms. The van der Waals surface area contributed by atoms with Crippen LogP contribution in [0, 0.1) is 5.92 Å². The van der Waals surface area contributed by atoms with Gasteiger partial charge in [-0.1, -0.05) is 49.6 Å². The van der Waals surface area contributed by atoms with Crippen LogP contribution in [0.3, 0.4) is 0 Å². The Labute approximate surface area is 156 Å². The molecule has 0 atom stereocenters. The third-order valence-electron chi connectivity index (χ3n) is 5.30. The number of methoxy groups -OCH3 is 1. The summed E-state index contributed by atoms with van der Waals surface area (Å²) < 4.78 is 7.49. The summed E-state index contributed by atoms with van der Waals surface area (Å²) in [6.45, 7) is 2.72. The van der Waals surface area contributed by atoms with E-state index in [1.54, 1.807) is 7.11 Å². The van der Waals surface area contributed by atoms with Gasteiger partial charge in [-0.15, -0.1) is 0 Å². The van der Waals surface area contributed by atoms with E-state index < -0.39 is 0 Å². The fraction of sp³-hybridized carbons (Fsp3) is 0.500. The highest BCUT2D eigenvalue weighted by molar-refractivity contribution is 5.78. The molecule has 1 aliphatic carbocycles. The van der Waals surface area contributed by atoms with Gasteiger partial charge in [-0.3, -0.25) is 4.79 Å². The average Bonchev–Trinajstić information content (AvgIpc) is 3.12. The van der Waals surface area contributed by atoms with Crippen LogP contribution in [0.15, 0.2) is 48.7 Å². The van der Waals surface area contributed by atoms with Crippen molar-refractivity contribution in [2.24, 2.45) is 5.92 Å². The zero-order chi connectivity index (χ0) is 18.2. The van der Waals surface area contributed by atoms with Crippen LogP contribution in [0.1, 0.15) is 43.4 Å². The van der Waals surface area contributed by atoms with Crippen molar-refractivity contribution in [3.63, 3.8) is 0 Å². The minimum Gasteiger partial charge on any atom is -0.383 e. The minimum atomic E-state index is 0.193. The van der Waals surface area contributed by atoms with Gasteiger partial charge >= 0.3 is 0 Å². The zero-order valence-corrected chi connectivity index (χ0v) is 15.8. The second-order valence-corrected chi connectivity index (χ2v) is 7.20. The molecule has 0 radical (unpaired) electrons. The topological polar surface area (TPSA) is 34.5 Å². The molecule has 3 rings (SSSR count). The molecule has 1 aromatic heterocycles. The van der Waals surface area contributed by atoms with Crippen LogP contribution in [-0.2, 0) is 22.6 Å². The van der Waals surface area contributed by atoms with Crippen molar-refractivity contribution in [2.75, 3.05) is 20.3 Å². The fourth-order valence-corrected chi connectivity index (χ4v) is 3.80. The van der Waals surface area contributed by atoms with Gasteiger partial charge in [-0.25, -0.2) is 0 Å². The predicted octanol–water partition coefficient (Wildman–Crippen LogP) is 4.09. The van der Waals surface area contributed by atoms with E-state index >= 15 is 0 Å². The van der Waals surface area contributed by atoms with Gasteiger partial charge in [-0.2, -0.15) is 0 Å². The maximum absolute atomic E-state index is 13.1. The number of amides is 1. The highest BCUT2D eigenvalue weighted by atomic mass is 16.5. The Balaban J connectivity index is 1.70. The summed E-state index contributed by atoms with van der Waals surface area (Å²) in [7, 11) is 1.70. The van der Waals surface area contributed by atoms with Crippen LogP contribution in [0.4, 0.5) is 0 Å². The van der Waals surface area contributed by atoms with E-state index in [4.69, 9.17) is 4.74 Å². The van der Waals surface area contributed by atoms with E-state index in [0.717, 1.165) is 19.4 Å². The number of ether oxygens (including phenoxy) is 1. The monoisotopic (exact) mass is 354 g/mol. The first kappa shape index (κ1) is 18.7. The van der Waals surface area contributed by atoms with Crippen LogP contribution in [0.25, 0.3) is 0 Å². The SMILES string of the molecule is COCCN(Cc1cccn1Cc1ccccc1)C(=O)C1CCCCC1. The lowest BCUT2D eigenvalue weighted by atomic mass is 9.88. The number of benzene rings is 1. The molecule has 1 amide bonds. The standard InChI is InChI=1S/C22H30N2O2/c1-26-16-15-24(22(25)20-11-6-3-7-12-20)18-21-13-8-14-23(21)17-19-9-4-2-5-10-19/h2,4-5,8-10,13-14,20H,3,6-7,11-12,15-18H2,1H3. The Bertz CT molecular complexity index is 674. The minimum absolute atomic E-state index is 0.193. The van der Waals surface area contributed by atoms with Crippen LogP contribution in [-0.4, -0.2) is 35.6 Å². The summed E-state index contributed by atoms with van der Waals surface area (Å²) in [5, 5.41) is 0. The molecular formula is C22H30N2O2. The normalized spacial score (nSPS) is 15.1. The molecule has 4 heteroatoms. The number of hydrogen-bond acceptors (Lipinski definition) is 2. The third-order valence-corrected chi connectivity index (χ3v) is 5.30. The average molecular weight is 354 g/mol. The highest BCUT2D eigenvalue weighted by Gasteiger charge is 2.26. The fourth-order valence-electron chi connectivity index (χ4n) is 3.80. The molecule has 1 saturated carbocycles. The van der Waals surface area contributed by atoms with E-state index in [9.17, 15) is 4.79 Å². The third kappa shape index (κ3) is 4.98. The van der Waals surface area contributed by atoms with Crippen molar-refractivity contribution in [3.05, 3.63) is 59.9 Å². The van der Waals surface area contributed by atoms with Gasteiger partial charge in [0.1, 0.15) is 0 Å². The van der Waals surface area contributed by atoms with Crippen molar-refractivity contribution in [1.29, 1.82) is 0 Å². The van der Waals surface area contributed by atoms with Crippen LogP contribution in [0.2, 0.25) is 0 Å². The Hall–Kier alpha value is -2.07. The molecule has 26 heavy (non-hydrogen) atoms. The number of aromatic nitrogens is 1. The number of carbonyl (C=O) groups excluding carboxylic acids is 1. The number of nitrogens with zero attached hydrogens (tertiary/aromatic N) is 2. The largest absolute Gasteiger partial charge is 0.383 e. The summed E-state index contributed by atoms with van der Waals surface area (Å²) in [5.74, 6) is 0.493. The number of rotatable bonds is 8. The maximum atomic E-state index is 13.1. The van der Waals surface area contributed by atoms with E-state index in [1.807, 2.05) is 11.0 Å². The zero-order valence-electron chi connectivity index (χ0n) is 15.8. The molecule has 0 spiro atoms.